The number of aromatic nitrogens is 1. The van der Waals surface area contributed by atoms with Gasteiger partial charge in [0.2, 0.25) is 0 Å². The lowest BCUT2D eigenvalue weighted by Gasteiger charge is -2.51. The average molecular weight is 293 g/mol. The Morgan fingerprint density at radius 3 is 2.65 bits per heavy atom. The molecular formula is C16H27N3S. The van der Waals surface area contributed by atoms with Crippen molar-refractivity contribution in [3.63, 3.8) is 0 Å². The van der Waals surface area contributed by atoms with Crippen molar-refractivity contribution in [2.75, 3.05) is 6.54 Å². The molecule has 2 bridgehead atoms. The van der Waals surface area contributed by atoms with Gasteiger partial charge in [0.15, 0.2) is 0 Å². The fraction of sp³-hybridized carbons (Fsp3) is 0.812. The molecule has 0 saturated carbocycles. The fourth-order valence-electron chi connectivity index (χ4n) is 4.20. The van der Waals surface area contributed by atoms with Gasteiger partial charge in [0, 0.05) is 29.2 Å². The lowest BCUT2D eigenvalue weighted by atomic mass is 9.80. The second kappa shape index (κ2) is 6.12. The summed E-state index contributed by atoms with van der Waals surface area (Å²) < 4.78 is 0. The van der Waals surface area contributed by atoms with Gasteiger partial charge in [0.25, 0.3) is 0 Å². The molecule has 0 aromatic carbocycles. The normalized spacial score (nSPS) is 32.2. The van der Waals surface area contributed by atoms with E-state index in [1.807, 2.05) is 11.3 Å². The molecule has 0 spiro atoms. The zero-order valence-electron chi connectivity index (χ0n) is 12.9. The van der Waals surface area contributed by atoms with Crippen LogP contribution in [-0.4, -0.2) is 34.6 Å². The Kier molecular flexibility index (Phi) is 4.43. The van der Waals surface area contributed by atoms with E-state index in [4.69, 9.17) is 4.98 Å². The Labute approximate surface area is 126 Å². The van der Waals surface area contributed by atoms with Crippen LogP contribution < -0.4 is 5.32 Å². The van der Waals surface area contributed by atoms with Crippen LogP contribution >= 0.6 is 11.3 Å². The SMILES string of the molecule is CCNC1CC2CCCC(C1)N2C(C)c1nc(C)cs1. The molecule has 2 aliphatic heterocycles. The lowest BCUT2D eigenvalue weighted by molar-refractivity contribution is -0.00609. The maximum absolute atomic E-state index is 4.73. The number of rotatable bonds is 4. The van der Waals surface area contributed by atoms with Crippen LogP contribution in [0, 0.1) is 6.92 Å². The van der Waals surface area contributed by atoms with Gasteiger partial charge in [0.05, 0.1) is 6.04 Å². The number of thiazole rings is 1. The van der Waals surface area contributed by atoms with E-state index in [9.17, 15) is 0 Å². The van der Waals surface area contributed by atoms with Crippen LogP contribution in [0.3, 0.4) is 0 Å². The molecule has 3 nitrogen and oxygen atoms in total. The second-order valence-corrected chi connectivity index (χ2v) is 7.30. The molecule has 1 N–H and O–H groups in total. The molecule has 2 aliphatic rings. The maximum atomic E-state index is 4.73. The predicted molar refractivity (Wildman–Crippen MR) is 85.2 cm³/mol. The van der Waals surface area contributed by atoms with Crippen LogP contribution in [0.15, 0.2) is 5.38 Å². The molecule has 3 heterocycles. The van der Waals surface area contributed by atoms with E-state index < -0.39 is 0 Å². The van der Waals surface area contributed by atoms with Crippen molar-refractivity contribution >= 4 is 11.3 Å². The van der Waals surface area contributed by atoms with E-state index in [1.54, 1.807) is 0 Å². The highest BCUT2D eigenvalue weighted by atomic mass is 32.1. The Balaban J connectivity index is 1.76. The van der Waals surface area contributed by atoms with E-state index >= 15 is 0 Å². The topological polar surface area (TPSA) is 28.2 Å². The Bertz CT molecular complexity index is 431. The molecule has 3 atom stereocenters. The number of nitrogens with one attached hydrogen (secondary N) is 1. The van der Waals surface area contributed by atoms with E-state index in [-0.39, 0.29) is 0 Å². The molecule has 1 aromatic rings. The van der Waals surface area contributed by atoms with Gasteiger partial charge in [-0.05, 0) is 46.1 Å². The minimum atomic E-state index is 0.492. The van der Waals surface area contributed by atoms with Gasteiger partial charge in [-0.1, -0.05) is 13.3 Å². The van der Waals surface area contributed by atoms with Crippen LogP contribution in [0.1, 0.15) is 62.7 Å². The number of piperidine rings is 2. The Hall–Kier alpha value is -0.450. The number of hydrogen-bond donors (Lipinski definition) is 1. The molecule has 3 unspecified atom stereocenters. The highest BCUT2D eigenvalue weighted by Gasteiger charge is 2.41. The molecule has 0 radical (unpaired) electrons. The smallest absolute Gasteiger partial charge is 0.110 e. The van der Waals surface area contributed by atoms with E-state index in [1.165, 1.54) is 42.8 Å². The van der Waals surface area contributed by atoms with Crippen molar-refractivity contribution in [1.82, 2.24) is 15.2 Å². The van der Waals surface area contributed by atoms with E-state index in [2.05, 4.69) is 36.4 Å². The van der Waals surface area contributed by atoms with Crippen molar-refractivity contribution in [3.05, 3.63) is 16.1 Å². The standard InChI is InChI=1S/C16H27N3S/c1-4-17-13-8-14-6-5-7-15(9-13)19(14)12(3)16-18-11(2)10-20-16/h10,12-15,17H,4-9H2,1-3H3. The first-order valence-electron chi connectivity index (χ1n) is 8.12. The molecule has 0 aliphatic carbocycles. The fourth-order valence-corrected chi connectivity index (χ4v) is 5.06. The molecule has 0 amide bonds. The van der Waals surface area contributed by atoms with Gasteiger partial charge in [0.1, 0.15) is 5.01 Å². The summed E-state index contributed by atoms with van der Waals surface area (Å²) in [7, 11) is 0. The van der Waals surface area contributed by atoms with Crippen LogP contribution in [0.4, 0.5) is 0 Å². The molecule has 4 heteroatoms. The zero-order chi connectivity index (χ0) is 14.1. The molecular weight excluding hydrogens is 266 g/mol. The van der Waals surface area contributed by atoms with Gasteiger partial charge in [-0.2, -0.15) is 0 Å². The monoisotopic (exact) mass is 293 g/mol. The summed E-state index contributed by atoms with van der Waals surface area (Å²) in [4.78, 5) is 7.52. The van der Waals surface area contributed by atoms with Gasteiger partial charge in [-0.25, -0.2) is 4.98 Å². The van der Waals surface area contributed by atoms with E-state index in [0.717, 1.165) is 24.7 Å². The zero-order valence-corrected chi connectivity index (χ0v) is 13.7. The summed E-state index contributed by atoms with van der Waals surface area (Å²) in [5, 5.41) is 7.17. The van der Waals surface area contributed by atoms with Crippen LogP contribution in [0.5, 0.6) is 0 Å². The number of aryl methyl sites for hydroxylation is 1. The first-order chi connectivity index (χ1) is 9.69. The predicted octanol–water partition coefficient (Wildman–Crippen LogP) is 3.51. The minimum Gasteiger partial charge on any atom is -0.314 e. The Morgan fingerprint density at radius 2 is 2.10 bits per heavy atom. The highest BCUT2D eigenvalue weighted by Crippen LogP contribution is 2.40. The molecule has 2 fully saturated rings. The largest absolute Gasteiger partial charge is 0.314 e. The van der Waals surface area contributed by atoms with Crippen molar-refractivity contribution in [1.29, 1.82) is 0 Å². The lowest BCUT2D eigenvalue weighted by Crippen LogP contribution is -2.56. The number of nitrogens with zero attached hydrogens (tertiary/aromatic N) is 2. The summed E-state index contributed by atoms with van der Waals surface area (Å²) in [6.07, 6.45) is 6.78. The maximum Gasteiger partial charge on any atom is 0.110 e. The summed E-state index contributed by atoms with van der Waals surface area (Å²) in [5.41, 5.74) is 1.17. The number of hydrogen-bond acceptors (Lipinski definition) is 4. The Morgan fingerprint density at radius 1 is 1.40 bits per heavy atom. The molecule has 20 heavy (non-hydrogen) atoms. The molecule has 1 aromatic heterocycles. The van der Waals surface area contributed by atoms with Crippen molar-refractivity contribution in [2.24, 2.45) is 0 Å². The third-order valence-corrected chi connectivity index (χ3v) is 6.10. The van der Waals surface area contributed by atoms with Crippen molar-refractivity contribution in [3.8, 4) is 0 Å². The van der Waals surface area contributed by atoms with Crippen LogP contribution in [0.25, 0.3) is 0 Å². The molecule has 112 valence electrons. The van der Waals surface area contributed by atoms with Gasteiger partial charge >= 0.3 is 0 Å². The first-order valence-corrected chi connectivity index (χ1v) is 8.99. The summed E-state index contributed by atoms with van der Waals surface area (Å²) in [5.74, 6) is 0. The van der Waals surface area contributed by atoms with Crippen LogP contribution in [0.2, 0.25) is 0 Å². The number of fused-ring (bicyclic) bond motifs is 2. The highest BCUT2D eigenvalue weighted by molar-refractivity contribution is 7.09. The summed E-state index contributed by atoms with van der Waals surface area (Å²) >= 11 is 1.83. The summed E-state index contributed by atoms with van der Waals surface area (Å²) in [6.45, 7) is 7.79. The average Bonchev–Trinajstić information content (AvgIpc) is 2.84. The van der Waals surface area contributed by atoms with Crippen molar-refractivity contribution in [2.45, 2.75) is 77.0 Å². The van der Waals surface area contributed by atoms with Gasteiger partial charge < -0.3 is 5.32 Å². The molecule has 3 rings (SSSR count). The molecule has 2 saturated heterocycles. The summed E-state index contributed by atoms with van der Waals surface area (Å²) in [6, 6.07) is 2.74. The quantitative estimate of drug-likeness (QED) is 0.921. The van der Waals surface area contributed by atoms with Gasteiger partial charge in [-0.15, -0.1) is 11.3 Å². The van der Waals surface area contributed by atoms with Crippen molar-refractivity contribution < 1.29 is 0 Å². The van der Waals surface area contributed by atoms with Gasteiger partial charge in [-0.3, -0.25) is 4.90 Å². The third-order valence-electron chi connectivity index (χ3n) is 4.97. The van der Waals surface area contributed by atoms with Crippen LogP contribution in [-0.2, 0) is 0 Å². The third kappa shape index (κ3) is 2.78. The minimum absolute atomic E-state index is 0.492. The second-order valence-electron chi connectivity index (χ2n) is 6.41. The first kappa shape index (κ1) is 14.5. The van der Waals surface area contributed by atoms with E-state index in [0.29, 0.717) is 6.04 Å².